The number of fused-ring (bicyclic) bond motifs is 1. The summed E-state index contributed by atoms with van der Waals surface area (Å²) in [5, 5.41) is 4.31. The smallest absolute Gasteiger partial charge is 0.343 e. The van der Waals surface area contributed by atoms with Gasteiger partial charge in [0.15, 0.2) is 5.58 Å². The van der Waals surface area contributed by atoms with Crippen LogP contribution in [0.15, 0.2) is 87.5 Å². The maximum absolute atomic E-state index is 13.3. The van der Waals surface area contributed by atoms with Crippen LogP contribution >= 0.6 is 11.8 Å². The molecule has 7 nitrogen and oxygen atoms in total. The zero-order valence-corrected chi connectivity index (χ0v) is 17.3. The summed E-state index contributed by atoms with van der Waals surface area (Å²) in [5.41, 5.74) is 4.51. The van der Waals surface area contributed by atoms with Crippen LogP contribution in [-0.4, -0.2) is 28.8 Å². The quantitative estimate of drug-likeness (QED) is 0.148. The van der Waals surface area contributed by atoms with Crippen molar-refractivity contribution in [1.82, 2.24) is 10.4 Å². The fourth-order valence-electron chi connectivity index (χ4n) is 2.69. The zero-order chi connectivity index (χ0) is 22.3. The predicted octanol–water partition coefficient (Wildman–Crippen LogP) is 4.43. The molecule has 0 saturated carbocycles. The molecule has 1 heterocycles. The van der Waals surface area contributed by atoms with Gasteiger partial charge in [-0.25, -0.2) is 19.6 Å². The Morgan fingerprint density at radius 3 is 2.78 bits per heavy atom. The Kier molecular flexibility index (Phi) is 6.57. The highest BCUT2D eigenvalue weighted by molar-refractivity contribution is 7.99. The molecule has 0 fully saturated rings. The van der Waals surface area contributed by atoms with Gasteiger partial charge in [0.05, 0.1) is 17.5 Å². The number of benzene rings is 3. The molecule has 0 radical (unpaired) electrons. The molecule has 0 spiro atoms. The molecular weight excluding hydrogens is 433 g/mol. The molecule has 0 aliphatic carbocycles. The highest BCUT2D eigenvalue weighted by Gasteiger charge is 2.10. The Hall–Kier alpha value is -3.98. The van der Waals surface area contributed by atoms with Crippen molar-refractivity contribution in [3.05, 3.63) is 89.7 Å². The van der Waals surface area contributed by atoms with E-state index in [1.54, 1.807) is 30.3 Å². The minimum absolute atomic E-state index is 0.0788. The highest BCUT2D eigenvalue weighted by Crippen LogP contribution is 2.22. The monoisotopic (exact) mass is 449 g/mol. The lowest BCUT2D eigenvalue weighted by molar-refractivity contribution is -0.118. The molecule has 0 aliphatic rings. The Labute approximate surface area is 186 Å². The number of esters is 1. The third-order valence-electron chi connectivity index (χ3n) is 4.13. The fourth-order valence-corrected chi connectivity index (χ4v) is 3.32. The van der Waals surface area contributed by atoms with Gasteiger partial charge < -0.3 is 9.15 Å². The number of nitrogens with one attached hydrogen (secondary N) is 1. The molecular formula is C23H16FN3O4S. The second-order valence-electron chi connectivity index (χ2n) is 6.50. The molecule has 0 atom stereocenters. The predicted molar refractivity (Wildman–Crippen MR) is 118 cm³/mol. The number of halogens is 1. The number of carbonyl (C=O) groups is 2. The van der Waals surface area contributed by atoms with E-state index in [1.165, 1.54) is 24.4 Å². The maximum Gasteiger partial charge on any atom is 0.343 e. The number of amides is 1. The Balaban J connectivity index is 1.29. The molecule has 4 aromatic rings. The molecule has 4 rings (SSSR count). The number of rotatable bonds is 7. The molecule has 0 unspecified atom stereocenters. The topological polar surface area (TPSA) is 93.8 Å². The van der Waals surface area contributed by atoms with E-state index in [0.29, 0.717) is 16.4 Å². The second-order valence-corrected chi connectivity index (χ2v) is 7.43. The van der Waals surface area contributed by atoms with Gasteiger partial charge in [-0.1, -0.05) is 42.1 Å². The first kappa shape index (κ1) is 21.3. The molecule has 3 aromatic carbocycles. The van der Waals surface area contributed by atoms with Gasteiger partial charge in [0.25, 0.3) is 11.1 Å². The van der Waals surface area contributed by atoms with E-state index in [0.717, 1.165) is 23.3 Å². The van der Waals surface area contributed by atoms with Crippen LogP contribution in [0.2, 0.25) is 0 Å². The summed E-state index contributed by atoms with van der Waals surface area (Å²) >= 11 is 1.16. The van der Waals surface area contributed by atoms with Crippen molar-refractivity contribution in [3.8, 4) is 5.75 Å². The largest absolute Gasteiger partial charge is 0.431 e. The number of hydrogen-bond donors (Lipinski definition) is 1. The number of hydrogen-bond acceptors (Lipinski definition) is 7. The van der Waals surface area contributed by atoms with Gasteiger partial charge in [0, 0.05) is 0 Å². The number of aromatic nitrogens is 1. The Morgan fingerprint density at radius 2 is 1.94 bits per heavy atom. The van der Waals surface area contributed by atoms with Crippen LogP contribution in [0.25, 0.3) is 11.1 Å². The van der Waals surface area contributed by atoms with Crippen molar-refractivity contribution in [3.63, 3.8) is 0 Å². The molecule has 0 aliphatic heterocycles. The van der Waals surface area contributed by atoms with Crippen LogP contribution in [0.1, 0.15) is 15.9 Å². The summed E-state index contributed by atoms with van der Waals surface area (Å²) in [4.78, 5) is 28.4. The van der Waals surface area contributed by atoms with E-state index in [2.05, 4.69) is 15.5 Å². The van der Waals surface area contributed by atoms with E-state index < -0.39 is 11.8 Å². The summed E-state index contributed by atoms with van der Waals surface area (Å²) in [6, 6.07) is 19.1. The normalized spacial score (nSPS) is 11.0. The number of thioether (sulfide) groups is 1. The molecule has 0 bridgehead atoms. The molecule has 0 saturated heterocycles. The van der Waals surface area contributed by atoms with Crippen molar-refractivity contribution >= 4 is 41.0 Å². The van der Waals surface area contributed by atoms with Crippen LogP contribution in [-0.2, 0) is 4.79 Å². The second kappa shape index (κ2) is 9.88. The van der Waals surface area contributed by atoms with Crippen molar-refractivity contribution in [2.24, 2.45) is 5.10 Å². The van der Waals surface area contributed by atoms with Crippen LogP contribution in [0.5, 0.6) is 5.75 Å². The highest BCUT2D eigenvalue weighted by atomic mass is 32.2. The average Bonchev–Trinajstić information content (AvgIpc) is 3.21. The number of carbonyl (C=O) groups excluding carboxylic acids is 2. The Morgan fingerprint density at radius 1 is 1.09 bits per heavy atom. The van der Waals surface area contributed by atoms with Crippen LogP contribution < -0.4 is 10.2 Å². The first-order valence-electron chi connectivity index (χ1n) is 9.45. The lowest BCUT2D eigenvalue weighted by Gasteiger charge is -2.05. The lowest BCUT2D eigenvalue weighted by atomic mass is 10.2. The third-order valence-corrected chi connectivity index (χ3v) is 4.96. The molecule has 1 aromatic heterocycles. The van der Waals surface area contributed by atoms with Gasteiger partial charge in [-0.05, 0) is 48.0 Å². The lowest BCUT2D eigenvalue weighted by Crippen LogP contribution is -2.19. The first-order valence-corrected chi connectivity index (χ1v) is 10.4. The molecule has 9 heteroatoms. The standard InChI is InChI=1S/C23H16FN3O4S/c24-17-7-4-6-16(12-17)22(29)30-18-8-3-5-15(11-18)13-25-27-21(28)14-32-23-26-19-9-1-2-10-20(19)31-23/h1-13H,14H2,(H,27,28). The summed E-state index contributed by atoms with van der Waals surface area (Å²) in [5.74, 6) is -1.19. The number of para-hydroxylation sites is 2. The number of ether oxygens (including phenoxy) is 1. The Bertz CT molecular complexity index is 1270. The minimum Gasteiger partial charge on any atom is -0.431 e. The fraction of sp³-hybridized carbons (Fsp3) is 0.0435. The van der Waals surface area contributed by atoms with Crippen molar-refractivity contribution in [2.75, 3.05) is 5.75 Å². The van der Waals surface area contributed by atoms with Gasteiger partial charge in [-0.3, -0.25) is 4.79 Å². The average molecular weight is 449 g/mol. The van der Waals surface area contributed by atoms with Crippen LogP contribution in [0.3, 0.4) is 0 Å². The third kappa shape index (κ3) is 5.58. The molecule has 1 amide bonds. The molecule has 32 heavy (non-hydrogen) atoms. The number of nitrogens with zero attached hydrogens (tertiary/aromatic N) is 2. The molecule has 1 N–H and O–H groups in total. The first-order chi connectivity index (χ1) is 15.6. The molecule has 160 valence electrons. The van der Waals surface area contributed by atoms with E-state index >= 15 is 0 Å². The van der Waals surface area contributed by atoms with Gasteiger partial charge in [0.2, 0.25) is 0 Å². The van der Waals surface area contributed by atoms with Crippen molar-refractivity contribution in [1.29, 1.82) is 0 Å². The minimum atomic E-state index is -0.678. The van der Waals surface area contributed by atoms with Crippen LogP contribution in [0.4, 0.5) is 4.39 Å². The van der Waals surface area contributed by atoms with E-state index in [9.17, 15) is 14.0 Å². The maximum atomic E-state index is 13.3. The summed E-state index contributed by atoms with van der Waals surface area (Å²) in [6.07, 6.45) is 1.42. The van der Waals surface area contributed by atoms with E-state index in [-0.39, 0.29) is 23.0 Å². The van der Waals surface area contributed by atoms with Gasteiger partial charge in [-0.15, -0.1) is 0 Å². The van der Waals surface area contributed by atoms with Gasteiger partial charge >= 0.3 is 5.97 Å². The number of oxazole rings is 1. The van der Waals surface area contributed by atoms with E-state index in [1.807, 2.05) is 18.2 Å². The van der Waals surface area contributed by atoms with Crippen LogP contribution in [0, 0.1) is 5.82 Å². The zero-order valence-electron chi connectivity index (χ0n) is 16.5. The summed E-state index contributed by atoms with van der Waals surface area (Å²) in [6.45, 7) is 0. The van der Waals surface area contributed by atoms with Crippen molar-refractivity contribution in [2.45, 2.75) is 5.22 Å². The summed E-state index contributed by atoms with van der Waals surface area (Å²) < 4.78 is 24.1. The summed E-state index contributed by atoms with van der Waals surface area (Å²) in [7, 11) is 0. The number of hydrazone groups is 1. The van der Waals surface area contributed by atoms with Gasteiger partial charge in [-0.2, -0.15) is 5.10 Å². The van der Waals surface area contributed by atoms with E-state index in [4.69, 9.17) is 9.15 Å². The SMILES string of the molecule is O=C(CSc1nc2ccccc2o1)NN=Cc1cccc(OC(=O)c2cccc(F)c2)c1. The van der Waals surface area contributed by atoms with Gasteiger partial charge in [0.1, 0.15) is 17.1 Å². The van der Waals surface area contributed by atoms with Crippen molar-refractivity contribution < 1.29 is 23.1 Å².